The van der Waals surface area contributed by atoms with Crippen molar-refractivity contribution in [3.05, 3.63) is 57.4 Å². The molecule has 1 aromatic carbocycles. The average molecular weight is 421 g/mol. The lowest BCUT2D eigenvalue weighted by atomic mass is 10.1. The van der Waals surface area contributed by atoms with Gasteiger partial charge in [-0.05, 0) is 35.7 Å². The third-order valence-electron chi connectivity index (χ3n) is 4.36. The molecule has 2 amide bonds. The normalized spacial score (nSPS) is 14.3. The van der Waals surface area contributed by atoms with Crippen LogP contribution in [0.4, 0.5) is 5.69 Å². The lowest BCUT2D eigenvalue weighted by Gasteiger charge is -2.25. The molecule has 1 aromatic heterocycles. The molecule has 0 N–H and O–H groups in total. The summed E-state index contributed by atoms with van der Waals surface area (Å²) < 4.78 is 10.4. The molecule has 0 spiro atoms. The lowest BCUT2D eigenvalue weighted by molar-refractivity contribution is -0.120. The molecule has 2 heterocycles. The molecule has 8 heteroatoms. The van der Waals surface area contributed by atoms with E-state index in [0.717, 1.165) is 4.88 Å². The third-order valence-corrected chi connectivity index (χ3v) is 5.50. The molecule has 0 atom stereocenters. The standard InChI is InChI=1S/C20H21ClN2O4S/c1-26-11-9-22(10-12-27-2)18-17(16-4-3-13-28-16)19(24)23(20(18)25)15-7-5-14(21)6-8-15/h3-8,13H,9-12H2,1-2H3. The van der Waals surface area contributed by atoms with E-state index in [4.69, 9.17) is 21.1 Å². The molecular weight excluding hydrogens is 400 g/mol. The summed E-state index contributed by atoms with van der Waals surface area (Å²) in [5.41, 5.74) is 1.26. The first kappa shape index (κ1) is 20.5. The van der Waals surface area contributed by atoms with E-state index < -0.39 is 0 Å². The molecule has 0 saturated heterocycles. The number of nitrogens with zero attached hydrogens (tertiary/aromatic N) is 2. The van der Waals surface area contributed by atoms with Crippen LogP contribution >= 0.6 is 22.9 Å². The lowest BCUT2D eigenvalue weighted by Crippen LogP contribution is -2.37. The number of thiophene rings is 1. The fourth-order valence-electron chi connectivity index (χ4n) is 3.02. The zero-order valence-electron chi connectivity index (χ0n) is 15.7. The highest BCUT2D eigenvalue weighted by atomic mass is 35.5. The smallest absolute Gasteiger partial charge is 0.282 e. The number of carbonyl (C=O) groups excluding carboxylic acids is 2. The number of hydrogen-bond donors (Lipinski definition) is 0. The van der Waals surface area contributed by atoms with E-state index in [1.54, 1.807) is 38.5 Å². The molecule has 148 valence electrons. The van der Waals surface area contributed by atoms with Gasteiger partial charge in [-0.2, -0.15) is 0 Å². The molecular formula is C20H21ClN2O4S. The Morgan fingerprint density at radius 3 is 2.18 bits per heavy atom. The highest BCUT2D eigenvalue weighted by Crippen LogP contribution is 2.36. The first-order valence-corrected chi connectivity index (χ1v) is 9.99. The number of amides is 2. The largest absolute Gasteiger partial charge is 0.383 e. The number of carbonyl (C=O) groups is 2. The summed E-state index contributed by atoms with van der Waals surface area (Å²) in [6.07, 6.45) is 0. The first-order valence-electron chi connectivity index (χ1n) is 8.73. The van der Waals surface area contributed by atoms with Gasteiger partial charge in [0.05, 0.1) is 24.5 Å². The molecule has 0 saturated carbocycles. The van der Waals surface area contributed by atoms with Gasteiger partial charge in [0.2, 0.25) is 0 Å². The number of halogens is 1. The van der Waals surface area contributed by atoms with Crippen molar-refractivity contribution < 1.29 is 19.1 Å². The van der Waals surface area contributed by atoms with Crippen molar-refractivity contribution in [1.82, 2.24) is 4.90 Å². The summed E-state index contributed by atoms with van der Waals surface area (Å²) in [4.78, 5) is 30.5. The predicted octanol–water partition coefficient (Wildman–Crippen LogP) is 3.28. The Balaban J connectivity index is 2.06. The Labute approximate surface area is 172 Å². The summed E-state index contributed by atoms with van der Waals surface area (Å²) in [7, 11) is 3.20. The number of methoxy groups -OCH3 is 2. The van der Waals surface area contributed by atoms with Gasteiger partial charge in [0.25, 0.3) is 11.8 Å². The summed E-state index contributed by atoms with van der Waals surface area (Å²) in [6, 6.07) is 10.4. The zero-order valence-corrected chi connectivity index (χ0v) is 17.3. The number of benzene rings is 1. The molecule has 28 heavy (non-hydrogen) atoms. The maximum Gasteiger partial charge on any atom is 0.282 e. The maximum absolute atomic E-state index is 13.4. The SMILES string of the molecule is COCCN(CCOC)C1=C(c2cccs2)C(=O)N(c2ccc(Cl)cc2)C1=O. The topological polar surface area (TPSA) is 59.1 Å². The van der Waals surface area contributed by atoms with E-state index in [1.165, 1.54) is 16.2 Å². The van der Waals surface area contributed by atoms with Gasteiger partial charge in [0.15, 0.2) is 0 Å². The van der Waals surface area contributed by atoms with Gasteiger partial charge >= 0.3 is 0 Å². The van der Waals surface area contributed by atoms with E-state index in [2.05, 4.69) is 0 Å². The highest BCUT2D eigenvalue weighted by Gasteiger charge is 2.42. The second kappa shape index (κ2) is 9.34. The van der Waals surface area contributed by atoms with Gasteiger partial charge in [0.1, 0.15) is 5.70 Å². The number of anilines is 1. The number of hydrogen-bond acceptors (Lipinski definition) is 6. The molecule has 1 aliphatic rings. The molecule has 0 unspecified atom stereocenters. The van der Waals surface area contributed by atoms with Gasteiger partial charge in [-0.3, -0.25) is 9.59 Å². The molecule has 1 aliphatic heterocycles. The quantitative estimate of drug-likeness (QED) is 0.583. The number of rotatable bonds is 9. The monoisotopic (exact) mass is 420 g/mol. The van der Waals surface area contributed by atoms with E-state index in [-0.39, 0.29) is 11.8 Å². The predicted molar refractivity (Wildman–Crippen MR) is 111 cm³/mol. The Bertz CT molecular complexity index is 857. The molecule has 0 fully saturated rings. The van der Waals surface area contributed by atoms with Crippen LogP contribution in [0.25, 0.3) is 5.57 Å². The summed E-state index contributed by atoms with van der Waals surface area (Å²) in [6.45, 7) is 1.79. The number of imide groups is 1. The average Bonchev–Trinajstić information content (AvgIpc) is 3.30. The van der Waals surface area contributed by atoms with Crippen molar-refractivity contribution >= 4 is 46.0 Å². The molecule has 6 nitrogen and oxygen atoms in total. The van der Waals surface area contributed by atoms with Gasteiger partial charge < -0.3 is 14.4 Å². The molecule has 0 bridgehead atoms. The molecule has 2 aromatic rings. The second-order valence-electron chi connectivity index (χ2n) is 6.10. The zero-order chi connectivity index (χ0) is 20.1. The minimum Gasteiger partial charge on any atom is -0.383 e. The molecule has 3 rings (SSSR count). The van der Waals surface area contributed by atoms with Crippen LogP contribution in [0.3, 0.4) is 0 Å². The summed E-state index contributed by atoms with van der Waals surface area (Å²) in [5.74, 6) is -0.701. The van der Waals surface area contributed by atoms with Crippen LogP contribution in [0.2, 0.25) is 5.02 Å². The fraction of sp³-hybridized carbons (Fsp3) is 0.300. The molecule has 0 radical (unpaired) electrons. The second-order valence-corrected chi connectivity index (χ2v) is 7.48. The highest BCUT2D eigenvalue weighted by molar-refractivity contribution is 7.11. The van der Waals surface area contributed by atoms with Crippen LogP contribution in [-0.4, -0.2) is 57.2 Å². The van der Waals surface area contributed by atoms with E-state index in [0.29, 0.717) is 48.3 Å². The van der Waals surface area contributed by atoms with Crippen LogP contribution in [0.15, 0.2) is 47.5 Å². The Hall–Kier alpha value is -2.19. The van der Waals surface area contributed by atoms with E-state index in [9.17, 15) is 9.59 Å². The van der Waals surface area contributed by atoms with E-state index >= 15 is 0 Å². The van der Waals surface area contributed by atoms with Crippen molar-refractivity contribution in [3.63, 3.8) is 0 Å². The summed E-state index contributed by atoms with van der Waals surface area (Å²) in [5, 5.41) is 2.42. The van der Waals surface area contributed by atoms with Crippen molar-refractivity contribution in [2.45, 2.75) is 0 Å². The van der Waals surface area contributed by atoms with Gasteiger partial charge in [-0.1, -0.05) is 17.7 Å². The fourth-order valence-corrected chi connectivity index (χ4v) is 3.91. The van der Waals surface area contributed by atoms with Crippen LogP contribution in [-0.2, 0) is 19.1 Å². The summed E-state index contributed by atoms with van der Waals surface area (Å²) >= 11 is 7.39. The van der Waals surface area contributed by atoms with Gasteiger partial charge in [0, 0.05) is 37.2 Å². The Morgan fingerprint density at radius 2 is 1.64 bits per heavy atom. The van der Waals surface area contributed by atoms with Crippen LogP contribution in [0.1, 0.15) is 4.88 Å². The maximum atomic E-state index is 13.4. The first-order chi connectivity index (χ1) is 13.6. The van der Waals surface area contributed by atoms with Crippen molar-refractivity contribution in [2.75, 3.05) is 45.4 Å². The number of ether oxygens (including phenoxy) is 2. The minimum absolute atomic E-state index is 0.343. The van der Waals surface area contributed by atoms with Crippen LogP contribution in [0, 0.1) is 0 Å². The minimum atomic E-state index is -0.358. The Morgan fingerprint density at radius 1 is 1.00 bits per heavy atom. The molecule has 0 aliphatic carbocycles. The van der Waals surface area contributed by atoms with Crippen molar-refractivity contribution in [1.29, 1.82) is 0 Å². The van der Waals surface area contributed by atoms with Crippen molar-refractivity contribution in [2.24, 2.45) is 0 Å². The van der Waals surface area contributed by atoms with Crippen LogP contribution in [0.5, 0.6) is 0 Å². The van der Waals surface area contributed by atoms with E-state index in [1.807, 2.05) is 22.4 Å². The van der Waals surface area contributed by atoms with Crippen molar-refractivity contribution in [3.8, 4) is 0 Å². The van der Waals surface area contributed by atoms with Gasteiger partial charge in [-0.15, -0.1) is 11.3 Å². The van der Waals surface area contributed by atoms with Gasteiger partial charge in [-0.25, -0.2) is 4.90 Å². The third kappa shape index (κ3) is 4.12. The Kier molecular flexibility index (Phi) is 6.85. The van der Waals surface area contributed by atoms with Crippen LogP contribution < -0.4 is 4.90 Å².